The lowest BCUT2D eigenvalue weighted by molar-refractivity contribution is 0.669. The van der Waals surface area contributed by atoms with E-state index in [1.165, 1.54) is 98.3 Å². The number of furan rings is 1. The maximum absolute atomic E-state index is 6.25. The van der Waals surface area contributed by atoms with Crippen LogP contribution in [0.25, 0.3) is 65.7 Å². The fourth-order valence-electron chi connectivity index (χ4n) is 7.19. The van der Waals surface area contributed by atoms with Gasteiger partial charge in [0.15, 0.2) is 0 Å². The molecule has 0 atom stereocenters. The minimum Gasteiger partial charge on any atom is -0.456 e. The summed E-state index contributed by atoms with van der Waals surface area (Å²) in [6.45, 7) is 0. The van der Waals surface area contributed by atoms with Gasteiger partial charge >= 0.3 is 0 Å². The Morgan fingerprint density at radius 2 is 0.805 bits per heavy atom. The van der Waals surface area contributed by atoms with E-state index in [1.807, 2.05) is 6.07 Å². The second-order valence-electron chi connectivity index (χ2n) is 11.9. The molecule has 0 N–H and O–H groups in total. The average Bonchev–Trinajstić information content (AvgIpc) is 3.37. The fraction of sp³-hybridized carbons (Fsp3) is 0. The minimum absolute atomic E-state index is 0.935. The summed E-state index contributed by atoms with van der Waals surface area (Å²) < 4.78 is 6.25. The van der Waals surface area contributed by atoms with Crippen molar-refractivity contribution in [1.29, 1.82) is 0 Å². The molecule has 1 nitrogen and oxygen atoms in total. The molecule has 0 saturated heterocycles. The van der Waals surface area contributed by atoms with Crippen LogP contribution in [0.15, 0.2) is 77.2 Å². The first-order valence-corrected chi connectivity index (χ1v) is 14.6. The van der Waals surface area contributed by atoms with Crippen molar-refractivity contribution < 1.29 is 4.42 Å². The first kappa shape index (κ1) is 26.1. The molecule has 1 aromatic heterocycles. The van der Waals surface area contributed by atoms with E-state index in [1.54, 1.807) is 0 Å². The van der Waals surface area contributed by atoms with Crippen molar-refractivity contribution in [2.45, 2.75) is 0 Å². The maximum atomic E-state index is 6.25. The predicted molar refractivity (Wildman–Crippen MR) is 205 cm³/mol. The highest BCUT2D eigenvalue weighted by Gasteiger charge is 2.25. The molecule has 7 aromatic rings. The van der Waals surface area contributed by atoms with Gasteiger partial charge in [-0.3, -0.25) is 0 Å². The lowest BCUT2D eigenvalue weighted by atomic mass is 9.59. The number of hydrogen-bond acceptors (Lipinski definition) is 1. The lowest BCUT2D eigenvalue weighted by Crippen LogP contribution is -2.50. The Morgan fingerprint density at radius 1 is 0.366 bits per heavy atom. The van der Waals surface area contributed by atoms with E-state index in [0.29, 0.717) is 0 Å². The fourth-order valence-corrected chi connectivity index (χ4v) is 7.19. The molecule has 7 rings (SSSR count). The normalized spacial score (nSPS) is 11.7. The van der Waals surface area contributed by atoms with Crippen molar-refractivity contribution in [3.8, 4) is 22.3 Å². The largest absolute Gasteiger partial charge is 0.456 e. The Bertz CT molecular complexity index is 2160. The molecular weight excluding hydrogens is 487 g/mol. The van der Waals surface area contributed by atoms with Gasteiger partial charge in [-0.1, -0.05) is 76.4 Å². The van der Waals surface area contributed by atoms with Gasteiger partial charge in [0, 0.05) is 10.8 Å². The van der Waals surface area contributed by atoms with Crippen LogP contribution in [0.3, 0.4) is 0 Å². The van der Waals surface area contributed by atoms with E-state index in [9.17, 15) is 0 Å². The molecule has 0 amide bonds. The van der Waals surface area contributed by atoms with Gasteiger partial charge in [0.1, 0.15) is 73.9 Å². The molecule has 41 heavy (non-hydrogen) atoms. The second kappa shape index (κ2) is 9.35. The van der Waals surface area contributed by atoms with E-state index in [0.717, 1.165) is 11.2 Å². The third kappa shape index (κ3) is 3.61. The summed E-state index contributed by atoms with van der Waals surface area (Å²) in [5.41, 5.74) is 18.1. The lowest BCUT2D eigenvalue weighted by Gasteiger charge is -2.28. The van der Waals surface area contributed by atoms with Crippen LogP contribution in [0.4, 0.5) is 0 Å². The monoisotopic (exact) mass is 516 g/mol. The van der Waals surface area contributed by atoms with Gasteiger partial charge in [-0.05, 0) is 62.0 Å². The Morgan fingerprint density at radius 3 is 1.34 bits per heavy atom. The average molecular weight is 515 g/mol. The third-order valence-electron chi connectivity index (χ3n) is 10.1. The van der Waals surface area contributed by atoms with Crippen LogP contribution in [-0.2, 0) is 0 Å². The van der Waals surface area contributed by atoms with Gasteiger partial charge in [-0.25, -0.2) is 0 Å². The molecule has 1 heterocycles. The molecular formula is C32H28B8O. The van der Waals surface area contributed by atoms with Crippen molar-refractivity contribution in [2.75, 3.05) is 0 Å². The van der Waals surface area contributed by atoms with Crippen molar-refractivity contribution in [3.05, 3.63) is 72.8 Å². The number of benzene rings is 6. The van der Waals surface area contributed by atoms with Crippen LogP contribution in [-0.4, -0.2) is 62.8 Å². The molecule has 9 heteroatoms. The van der Waals surface area contributed by atoms with Crippen LogP contribution in [0.5, 0.6) is 0 Å². The Labute approximate surface area is 248 Å². The van der Waals surface area contributed by atoms with Gasteiger partial charge < -0.3 is 4.42 Å². The molecule has 0 radical (unpaired) electrons. The van der Waals surface area contributed by atoms with Gasteiger partial charge in [0.05, 0.1) is 0 Å². The second-order valence-corrected chi connectivity index (χ2v) is 11.9. The quantitative estimate of drug-likeness (QED) is 0.167. The van der Waals surface area contributed by atoms with Gasteiger partial charge in [-0.2, -0.15) is 0 Å². The number of para-hydroxylation sites is 1. The highest BCUT2D eigenvalue weighted by molar-refractivity contribution is 6.71. The SMILES string of the molecule is Bc1c(B)c(B)c2c(-c3ccc4oc5ccccc5c4c3)c3c(B)c(B)c(B)c(B)c3c(-c3ccccc3)c2c1B. The maximum Gasteiger partial charge on any atom is 0.139 e. The minimum atomic E-state index is 0.935. The Balaban J connectivity index is 1.81. The Kier molecular flexibility index (Phi) is 5.95. The summed E-state index contributed by atoms with van der Waals surface area (Å²) in [6.07, 6.45) is 0. The molecule has 0 aliphatic rings. The number of hydrogen-bond donors (Lipinski definition) is 0. The molecule has 0 saturated carbocycles. The van der Waals surface area contributed by atoms with E-state index in [-0.39, 0.29) is 0 Å². The van der Waals surface area contributed by atoms with Crippen molar-refractivity contribution >= 4 is 150 Å². The molecule has 0 fully saturated rings. The number of rotatable bonds is 2. The Hall–Kier alpha value is -3.84. The number of fused-ring (bicyclic) bond motifs is 5. The summed E-state index contributed by atoms with van der Waals surface area (Å²) >= 11 is 0. The van der Waals surface area contributed by atoms with E-state index < -0.39 is 0 Å². The smallest absolute Gasteiger partial charge is 0.139 e. The predicted octanol–water partition coefficient (Wildman–Crippen LogP) is -4.71. The first-order valence-electron chi connectivity index (χ1n) is 14.6. The van der Waals surface area contributed by atoms with E-state index in [4.69, 9.17) is 4.42 Å². The topological polar surface area (TPSA) is 13.1 Å². The van der Waals surface area contributed by atoms with Gasteiger partial charge in [0.2, 0.25) is 0 Å². The van der Waals surface area contributed by atoms with Crippen LogP contribution < -0.4 is 43.7 Å². The molecule has 0 aliphatic carbocycles. The van der Waals surface area contributed by atoms with Crippen molar-refractivity contribution in [2.24, 2.45) is 0 Å². The summed E-state index contributed by atoms with van der Waals surface area (Å²) in [7, 11) is 18.4. The van der Waals surface area contributed by atoms with Crippen LogP contribution in [0, 0.1) is 0 Å². The first-order chi connectivity index (χ1) is 19.7. The highest BCUT2D eigenvalue weighted by atomic mass is 16.3. The van der Waals surface area contributed by atoms with Crippen LogP contribution >= 0.6 is 0 Å². The molecule has 0 unspecified atom stereocenters. The van der Waals surface area contributed by atoms with Crippen molar-refractivity contribution in [1.82, 2.24) is 0 Å². The summed E-state index contributed by atoms with van der Waals surface area (Å²) in [4.78, 5) is 0. The zero-order valence-electron chi connectivity index (χ0n) is 25.3. The van der Waals surface area contributed by atoms with E-state index in [2.05, 4.69) is 130 Å². The van der Waals surface area contributed by atoms with Crippen molar-refractivity contribution in [3.63, 3.8) is 0 Å². The summed E-state index contributed by atoms with van der Waals surface area (Å²) in [5.74, 6) is 0. The zero-order chi connectivity index (χ0) is 28.7. The summed E-state index contributed by atoms with van der Waals surface area (Å²) in [5, 5.41) is 7.83. The molecule has 0 spiro atoms. The molecule has 6 aromatic carbocycles. The summed E-state index contributed by atoms with van der Waals surface area (Å²) in [6, 6.07) is 26.2. The molecule has 0 bridgehead atoms. The zero-order valence-corrected chi connectivity index (χ0v) is 25.3. The van der Waals surface area contributed by atoms with Gasteiger partial charge in [-0.15, -0.1) is 21.9 Å². The van der Waals surface area contributed by atoms with E-state index >= 15 is 0 Å². The van der Waals surface area contributed by atoms with Gasteiger partial charge in [0.25, 0.3) is 0 Å². The molecule has 0 aliphatic heterocycles. The highest BCUT2D eigenvalue weighted by Crippen LogP contribution is 2.42. The van der Waals surface area contributed by atoms with Crippen LogP contribution in [0.2, 0.25) is 0 Å². The standard InChI is InChI=1S/C32H28B8O/c33-25-21-19(13-6-2-1-3-7-13)22-24(28(36)32(40)30(38)26(22)34)20(23(21)27(35)31(39)29(25)37)14-10-11-18-16(12-14)15-8-4-5-9-17(15)41-18/h1-12H,33-40H2. The third-order valence-corrected chi connectivity index (χ3v) is 10.1. The molecule has 186 valence electrons. The van der Waals surface area contributed by atoms with Crippen LogP contribution in [0.1, 0.15) is 0 Å².